The summed E-state index contributed by atoms with van der Waals surface area (Å²) in [7, 11) is 0. The summed E-state index contributed by atoms with van der Waals surface area (Å²) < 4.78 is 4.32. The van der Waals surface area contributed by atoms with E-state index in [9.17, 15) is 14.4 Å². The number of nitrogens with zero attached hydrogens (tertiary/aromatic N) is 1. The van der Waals surface area contributed by atoms with E-state index in [0.29, 0.717) is 6.42 Å². The number of guanidine groups is 1. The minimum absolute atomic E-state index is 0.0894. The first-order valence-electron chi connectivity index (χ1n) is 5.70. The van der Waals surface area contributed by atoms with Crippen molar-refractivity contribution in [2.75, 3.05) is 13.2 Å². The maximum absolute atomic E-state index is 11.0. The topological polar surface area (TPSA) is 177 Å². The van der Waals surface area contributed by atoms with Crippen LogP contribution in [0, 0.1) is 0 Å². The highest BCUT2D eigenvalue weighted by Crippen LogP contribution is 2.01. The number of carboxylic acids is 2. The highest BCUT2D eigenvalue weighted by Gasteiger charge is 2.26. The SMILES string of the molecule is NC(N)=NCCCC(NC(COC=O)C(=O)O)C(=O)O. The Bertz CT molecular complexity index is 369. The molecular weight excluding hydrogens is 272 g/mol. The predicted octanol–water partition coefficient (Wildman–Crippen LogP) is -2.29. The lowest BCUT2D eigenvalue weighted by Gasteiger charge is -2.19. The van der Waals surface area contributed by atoms with E-state index >= 15 is 0 Å². The van der Waals surface area contributed by atoms with E-state index < -0.39 is 30.6 Å². The summed E-state index contributed by atoms with van der Waals surface area (Å²) in [6.07, 6.45) is 0.472. The molecule has 0 heterocycles. The molecule has 0 radical (unpaired) electrons. The minimum Gasteiger partial charge on any atom is -0.480 e. The fraction of sp³-hybridized carbons (Fsp3) is 0.600. The van der Waals surface area contributed by atoms with Gasteiger partial charge in [0.1, 0.15) is 18.7 Å². The maximum atomic E-state index is 11.0. The summed E-state index contributed by atoms with van der Waals surface area (Å²) in [5.74, 6) is -2.64. The fourth-order valence-corrected chi connectivity index (χ4v) is 1.35. The number of nitrogens with one attached hydrogen (secondary N) is 1. The third-order valence-electron chi connectivity index (χ3n) is 2.27. The van der Waals surface area contributed by atoms with Crippen LogP contribution in [0.15, 0.2) is 4.99 Å². The second kappa shape index (κ2) is 9.55. The van der Waals surface area contributed by atoms with Crippen LogP contribution in [0.1, 0.15) is 12.8 Å². The normalized spacial score (nSPS) is 13.0. The molecule has 0 rings (SSSR count). The molecule has 0 saturated heterocycles. The van der Waals surface area contributed by atoms with Gasteiger partial charge in [-0.2, -0.15) is 0 Å². The Morgan fingerprint density at radius 3 is 2.30 bits per heavy atom. The molecule has 0 aromatic rings. The largest absolute Gasteiger partial charge is 0.480 e. The van der Waals surface area contributed by atoms with Gasteiger partial charge >= 0.3 is 11.9 Å². The Labute approximate surface area is 114 Å². The molecule has 0 aliphatic carbocycles. The summed E-state index contributed by atoms with van der Waals surface area (Å²) in [5, 5.41) is 20.2. The Morgan fingerprint density at radius 2 is 1.85 bits per heavy atom. The molecule has 114 valence electrons. The third kappa shape index (κ3) is 7.87. The highest BCUT2D eigenvalue weighted by molar-refractivity contribution is 5.77. The molecule has 7 N–H and O–H groups in total. The zero-order valence-electron chi connectivity index (χ0n) is 10.7. The van der Waals surface area contributed by atoms with Crippen molar-refractivity contribution in [1.82, 2.24) is 5.32 Å². The van der Waals surface area contributed by atoms with E-state index in [4.69, 9.17) is 21.7 Å². The molecule has 10 heteroatoms. The first-order chi connectivity index (χ1) is 9.38. The van der Waals surface area contributed by atoms with Gasteiger partial charge in [-0.1, -0.05) is 0 Å². The minimum atomic E-state index is -1.32. The number of rotatable bonds is 11. The lowest BCUT2D eigenvalue weighted by molar-refractivity contribution is -0.144. The van der Waals surface area contributed by atoms with Gasteiger partial charge in [-0.3, -0.25) is 24.7 Å². The first kappa shape index (κ1) is 17.6. The number of carboxylic acid groups (broad SMARTS) is 2. The summed E-state index contributed by atoms with van der Waals surface area (Å²) in [5.41, 5.74) is 10.2. The van der Waals surface area contributed by atoms with Crippen LogP contribution in [-0.2, 0) is 19.1 Å². The summed E-state index contributed by atoms with van der Waals surface area (Å²) >= 11 is 0. The van der Waals surface area contributed by atoms with Gasteiger partial charge in [0.25, 0.3) is 6.47 Å². The van der Waals surface area contributed by atoms with Crippen LogP contribution in [0.4, 0.5) is 0 Å². The molecule has 0 aliphatic rings. The Morgan fingerprint density at radius 1 is 1.25 bits per heavy atom. The number of aliphatic imine (C=N–C) groups is 1. The van der Waals surface area contributed by atoms with E-state index in [2.05, 4.69) is 15.0 Å². The summed E-state index contributed by atoms with van der Waals surface area (Å²) in [6.45, 7) is -0.140. The number of hydrogen-bond acceptors (Lipinski definition) is 6. The van der Waals surface area contributed by atoms with Crippen molar-refractivity contribution in [2.24, 2.45) is 16.5 Å². The number of aliphatic carboxylic acids is 2. The third-order valence-corrected chi connectivity index (χ3v) is 2.27. The van der Waals surface area contributed by atoms with Gasteiger partial charge in [0.05, 0.1) is 0 Å². The summed E-state index contributed by atoms with van der Waals surface area (Å²) in [6, 6.07) is -2.41. The van der Waals surface area contributed by atoms with E-state index in [1.165, 1.54) is 0 Å². The van der Waals surface area contributed by atoms with E-state index in [1.807, 2.05) is 0 Å². The van der Waals surface area contributed by atoms with Gasteiger partial charge in [0.15, 0.2) is 5.96 Å². The van der Waals surface area contributed by atoms with Crippen LogP contribution in [0.5, 0.6) is 0 Å². The van der Waals surface area contributed by atoms with E-state index in [1.54, 1.807) is 0 Å². The molecule has 0 aromatic carbocycles. The molecule has 10 nitrogen and oxygen atoms in total. The average Bonchev–Trinajstić information content (AvgIpc) is 2.35. The second-order valence-corrected chi connectivity index (χ2v) is 3.83. The van der Waals surface area contributed by atoms with Gasteiger partial charge < -0.3 is 26.4 Å². The van der Waals surface area contributed by atoms with Crippen LogP contribution >= 0.6 is 0 Å². The lowest BCUT2D eigenvalue weighted by Crippen LogP contribution is -2.49. The molecule has 0 bridgehead atoms. The van der Waals surface area contributed by atoms with Crippen molar-refractivity contribution >= 4 is 24.4 Å². The molecule has 0 aliphatic heterocycles. The Balaban J connectivity index is 4.42. The van der Waals surface area contributed by atoms with Crippen LogP contribution in [0.3, 0.4) is 0 Å². The van der Waals surface area contributed by atoms with E-state index in [0.717, 1.165) is 0 Å². The van der Waals surface area contributed by atoms with Crippen molar-refractivity contribution < 1.29 is 29.3 Å². The number of carbonyl (C=O) groups is 3. The molecule has 2 unspecified atom stereocenters. The molecule has 0 spiro atoms. The van der Waals surface area contributed by atoms with E-state index in [-0.39, 0.29) is 25.4 Å². The lowest BCUT2D eigenvalue weighted by atomic mass is 10.1. The van der Waals surface area contributed by atoms with Gasteiger partial charge in [0, 0.05) is 6.54 Å². The second-order valence-electron chi connectivity index (χ2n) is 3.83. The number of ether oxygens (including phenoxy) is 1. The Kier molecular flexibility index (Phi) is 8.43. The summed E-state index contributed by atoms with van der Waals surface area (Å²) in [4.78, 5) is 35.6. The van der Waals surface area contributed by atoms with Crippen molar-refractivity contribution in [3.63, 3.8) is 0 Å². The van der Waals surface area contributed by atoms with Gasteiger partial charge in [0.2, 0.25) is 0 Å². The molecular formula is C10H18N4O6. The van der Waals surface area contributed by atoms with Crippen molar-refractivity contribution in [2.45, 2.75) is 24.9 Å². The zero-order chi connectivity index (χ0) is 15.5. The quantitative estimate of drug-likeness (QED) is 0.121. The average molecular weight is 290 g/mol. The number of hydrogen-bond donors (Lipinski definition) is 5. The molecule has 0 saturated carbocycles. The van der Waals surface area contributed by atoms with Gasteiger partial charge in [-0.25, -0.2) is 0 Å². The molecule has 0 amide bonds. The van der Waals surface area contributed by atoms with Gasteiger partial charge in [-0.15, -0.1) is 0 Å². The smallest absolute Gasteiger partial charge is 0.324 e. The fourth-order valence-electron chi connectivity index (χ4n) is 1.35. The van der Waals surface area contributed by atoms with Crippen LogP contribution in [0.25, 0.3) is 0 Å². The molecule has 0 fully saturated rings. The van der Waals surface area contributed by atoms with Crippen molar-refractivity contribution in [1.29, 1.82) is 0 Å². The van der Waals surface area contributed by atoms with Crippen molar-refractivity contribution in [3.8, 4) is 0 Å². The van der Waals surface area contributed by atoms with Crippen LogP contribution in [-0.4, -0.2) is 59.8 Å². The number of carbonyl (C=O) groups excluding carboxylic acids is 1. The van der Waals surface area contributed by atoms with Gasteiger partial charge in [-0.05, 0) is 12.8 Å². The monoisotopic (exact) mass is 290 g/mol. The maximum Gasteiger partial charge on any atom is 0.324 e. The zero-order valence-corrected chi connectivity index (χ0v) is 10.7. The number of nitrogens with two attached hydrogens (primary N) is 2. The molecule has 0 aromatic heterocycles. The molecule has 20 heavy (non-hydrogen) atoms. The van der Waals surface area contributed by atoms with Crippen LogP contribution in [0.2, 0.25) is 0 Å². The van der Waals surface area contributed by atoms with Crippen molar-refractivity contribution in [3.05, 3.63) is 0 Å². The molecule has 2 atom stereocenters. The highest BCUT2D eigenvalue weighted by atomic mass is 16.5. The Hall–Kier alpha value is -2.36. The first-order valence-corrected chi connectivity index (χ1v) is 5.70. The predicted molar refractivity (Wildman–Crippen MR) is 67.9 cm³/mol. The standard InChI is InChI=1S/C10H18N4O6/c11-10(12)13-3-1-2-6(8(16)17)14-7(9(18)19)4-20-5-15/h5-7,14H,1-4H2,(H,16,17)(H,18,19)(H4,11,12,13). The van der Waals surface area contributed by atoms with Crippen LogP contribution < -0.4 is 16.8 Å².